The number of fused-ring (bicyclic) bond motifs is 1. The number of thiophene rings is 1. The number of nitrogens with zero attached hydrogens (tertiary/aromatic N) is 4. The van der Waals surface area contributed by atoms with Crippen LogP contribution in [0.5, 0.6) is 5.75 Å². The third-order valence-corrected chi connectivity index (χ3v) is 6.94. The Hall–Kier alpha value is -3.96. The second-order valence-corrected chi connectivity index (χ2v) is 9.39. The Bertz CT molecular complexity index is 1630. The minimum Gasteiger partial charge on any atom is -0.484 e. The Labute approximate surface area is 217 Å². The van der Waals surface area contributed by atoms with E-state index in [2.05, 4.69) is 15.0 Å². The summed E-state index contributed by atoms with van der Waals surface area (Å²) in [6.45, 7) is 1.49. The molecule has 2 aromatic carbocycles. The number of carbonyl (C=O) groups excluding carboxylic acids is 1. The molecule has 1 atom stereocenters. The third-order valence-electron chi connectivity index (χ3n) is 5.62. The molecular formula is C25H17ClF3N5O2S. The molecule has 0 spiro atoms. The van der Waals surface area contributed by atoms with Crippen LogP contribution in [0.2, 0.25) is 5.28 Å². The maximum atomic E-state index is 13.5. The molecule has 0 aliphatic heterocycles. The molecule has 0 bridgehead atoms. The fourth-order valence-electron chi connectivity index (χ4n) is 3.95. The van der Waals surface area contributed by atoms with Gasteiger partial charge in [0.25, 0.3) is 5.91 Å². The number of carbonyl (C=O) groups is 1. The number of rotatable bonds is 6. The van der Waals surface area contributed by atoms with E-state index >= 15 is 0 Å². The molecule has 0 radical (unpaired) electrons. The predicted molar refractivity (Wildman–Crippen MR) is 134 cm³/mol. The molecule has 12 heteroatoms. The molecule has 0 aliphatic carbocycles. The summed E-state index contributed by atoms with van der Waals surface area (Å²) in [4.78, 5) is 24.8. The van der Waals surface area contributed by atoms with Crippen molar-refractivity contribution < 1.29 is 22.7 Å². The summed E-state index contributed by atoms with van der Waals surface area (Å²) in [6.07, 6.45) is -2.42. The quantitative estimate of drug-likeness (QED) is 0.248. The van der Waals surface area contributed by atoms with Crippen LogP contribution in [0.4, 0.5) is 13.2 Å². The van der Waals surface area contributed by atoms with Crippen LogP contribution in [-0.2, 0) is 6.18 Å². The van der Waals surface area contributed by atoms with Gasteiger partial charge >= 0.3 is 6.18 Å². The molecule has 2 N–H and O–H groups in total. The molecule has 0 aliphatic rings. The summed E-state index contributed by atoms with van der Waals surface area (Å²) in [5, 5.41) is 0.681. The van der Waals surface area contributed by atoms with Crippen LogP contribution in [0.1, 0.15) is 33.8 Å². The SMILES string of the molecule is CC(Oc1cc(-n2cnc3cc(-c4ccnc(Cl)n4)ccc32)sc1C(N)=O)c1ccccc1C(F)(F)F. The molecule has 0 saturated heterocycles. The van der Waals surface area contributed by atoms with Gasteiger partial charge in [-0.05, 0) is 42.8 Å². The van der Waals surface area contributed by atoms with Gasteiger partial charge < -0.3 is 10.5 Å². The van der Waals surface area contributed by atoms with E-state index in [4.69, 9.17) is 22.1 Å². The van der Waals surface area contributed by atoms with Crippen molar-refractivity contribution in [3.05, 3.63) is 88.4 Å². The Kier molecular flexibility index (Phi) is 6.34. The van der Waals surface area contributed by atoms with E-state index in [0.717, 1.165) is 28.5 Å². The highest BCUT2D eigenvalue weighted by atomic mass is 35.5. The second kappa shape index (κ2) is 9.49. The average molecular weight is 544 g/mol. The van der Waals surface area contributed by atoms with E-state index in [1.807, 2.05) is 18.2 Å². The number of aromatic nitrogens is 4. The van der Waals surface area contributed by atoms with Gasteiger partial charge in [-0.3, -0.25) is 9.36 Å². The third kappa shape index (κ3) is 4.87. The zero-order valence-electron chi connectivity index (χ0n) is 19.0. The van der Waals surface area contributed by atoms with Crippen LogP contribution < -0.4 is 10.5 Å². The highest BCUT2D eigenvalue weighted by Gasteiger charge is 2.35. The number of ether oxygens (including phenoxy) is 1. The van der Waals surface area contributed by atoms with Crippen molar-refractivity contribution in [2.45, 2.75) is 19.2 Å². The van der Waals surface area contributed by atoms with Crippen LogP contribution in [-0.4, -0.2) is 25.4 Å². The molecule has 5 rings (SSSR count). The summed E-state index contributed by atoms with van der Waals surface area (Å²) in [6, 6.07) is 13.9. The largest absolute Gasteiger partial charge is 0.484 e. The van der Waals surface area contributed by atoms with Crippen molar-refractivity contribution in [3.8, 4) is 22.0 Å². The number of alkyl halides is 3. The molecule has 1 unspecified atom stereocenters. The average Bonchev–Trinajstić information content (AvgIpc) is 3.47. The fraction of sp³-hybridized carbons (Fsp3) is 0.120. The first-order valence-electron chi connectivity index (χ1n) is 10.8. The Balaban J connectivity index is 1.50. The lowest BCUT2D eigenvalue weighted by Gasteiger charge is -2.19. The normalized spacial score (nSPS) is 12.6. The molecule has 3 heterocycles. The number of amides is 1. The molecule has 3 aromatic heterocycles. The topological polar surface area (TPSA) is 95.9 Å². The van der Waals surface area contributed by atoms with Gasteiger partial charge in [0.05, 0.1) is 22.3 Å². The maximum absolute atomic E-state index is 13.5. The van der Waals surface area contributed by atoms with Crippen LogP contribution in [0.25, 0.3) is 27.3 Å². The van der Waals surface area contributed by atoms with Crippen molar-refractivity contribution >= 4 is 39.9 Å². The van der Waals surface area contributed by atoms with E-state index in [0.29, 0.717) is 16.2 Å². The van der Waals surface area contributed by atoms with Gasteiger partial charge in [0.2, 0.25) is 5.28 Å². The smallest absolute Gasteiger partial charge is 0.416 e. The summed E-state index contributed by atoms with van der Waals surface area (Å²) >= 11 is 6.95. The minimum atomic E-state index is -4.55. The molecule has 5 aromatic rings. The van der Waals surface area contributed by atoms with Gasteiger partial charge in [-0.15, -0.1) is 11.3 Å². The van der Waals surface area contributed by atoms with Crippen molar-refractivity contribution in [1.82, 2.24) is 19.5 Å². The Morgan fingerprint density at radius 2 is 1.92 bits per heavy atom. The molecule has 7 nitrogen and oxygen atoms in total. The van der Waals surface area contributed by atoms with Crippen LogP contribution in [0, 0.1) is 0 Å². The summed E-state index contributed by atoms with van der Waals surface area (Å²) < 4.78 is 48.1. The van der Waals surface area contributed by atoms with Crippen LogP contribution in [0.3, 0.4) is 0 Å². The zero-order valence-corrected chi connectivity index (χ0v) is 20.6. The monoisotopic (exact) mass is 543 g/mol. The fourth-order valence-corrected chi connectivity index (χ4v) is 5.02. The van der Waals surface area contributed by atoms with E-state index < -0.39 is 23.8 Å². The van der Waals surface area contributed by atoms with Gasteiger partial charge in [0.15, 0.2) is 0 Å². The number of hydrogen-bond acceptors (Lipinski definition) is 6. The predicted octanol–water partition coefficient (Wildman–Crippen LogP) is 6.46. The minimum absolute atomic E-state index is 0.0522. The number of hydrogen-bond donors (Lipinski definition) is 1. The summed E-state index contributed by atoms with van der Waals surface area (Å²) in [7, 11) is 0. The van der Waals surface area contributed by atoms with Gasteiger partial charge in [0.1, 0.15) is 28.1 Å². The van der Waals surface area contributed by atoms with E-state index in [-0.39, 0.29) is 21.5 Å². The van der Waals surface area contributed by atoms with E-state index in [1.165, 1.54) is 25.1 Å². The number of primary amides is 1. The van der Waals surface area contributed by atoms with Crippen molar-refractivity contribution in [2.75, 3.05) is 0 Å². The number of nitrogens with two attached hydrogens (primary N) is 1. The van der Waals surface area contributed by atoms with Crippen molar-refractivity contribution in [3.63, 3.8) is 0 Å². The van der Waals surface area contributed by atoms with Gasteiger partial charge in [-0.25, -0.2) is 15.0 Å². The highest BCUT2D eigenvalue weighted by molar-refractivity contribution is 7.16. The van der Waals surface area contributed by atoms with Crippen molar-refractivity contribution in [1.29, 1.82) is 0 Å². The van der Waals surface area contributed by atoms with Crippen LogP contribution in [0.15, 0.2) is 67.1 Å². The number of benzene rings is 2. The lowest BCUT2D eigenvalue weighted by atomic mass is 10.0. The lowest BCUT2D eigenvalue weighted by molar-refractivity contribution is -0.138. The van der Waals surface area contributed by atoms with E-state index in [9.17, 15) is 18.0 Å². The molecular weight excluding hydrogens is 527 g/mol. The highest BCUT2D eigenvalue weighted by Crippen LogP contribution is 2.39. The maximum Gasteiger partial charge on any atom is 0.416 e. The first kappa shape index (κ1) is 24.7. The molecule has 188 valence electrons. The number of imidazole rings is 1. The second-order valence-electron chi connectivity index (χ2n) is 8.02. The van der Waals surface area contributed by atoms with E-state index in [1.54, 1.807) is 29.2 Å². The molecule has 37 heavy (non-hydrogen) atoms. The Morgan fingerprint density at radius 1 is 1.14 bits per heavy atom. The van der Waals surface area contributed by atoms with Crippen LogP contribution >= 0.6 is 22.9 Å². The van der Waals surface area contributed by atoms with Gasteiger partial charge in [-0.2, -0.15) is 13.2 Å². The summed E-state index contributed by atoms with van der Waals surface area (Å²) in [5.41, 5.74) is 7.50. The van der Waals surface area contributed by atoms with Crippen molar-refractivity contribution in [2.24, 2.45) is 5.73 Å². The first-order valence-corrected chi connectivity index (χ1v) is 12.0. The lowest BCUT2D eigenvalue weighted by Crippen LogP contribution is -2.15. The van der Waals surface area contributed by atoms with Gasteiger partial charge in [-0.1, -0.05) is 24.3 Å². The zero-order chi connectivity index (χ0) is 26.3. The Morgan fingerprint density at radius 3 is 2.65 bits per heavy atom. The standard InChI is InChI=1S/C25H17ClF3N5O2S/c1-13(15-4-2-3-5-16(15)25(27,28)29)36-20-11-21(37-22(20)23(30)35)34-12-32-18-10-14(6-7-19(18)34)17-8-9-31-24(26)33-17/h2-13H,1H3,(H2,30,35). The molecule has 0 fully saturated rings. The van der Waals surface area contributed by atoms with Gasteiger partial charge in [0, 0.05) is 23.4 Å². The number of halogens is 4. The summed E-state index contributed by atoms with van der Waals surface area (Å²) in [5.74, 6) is -0.666. The molecule has 1 amide bonds. The first-order chi connectivity index (χ1) is 17.6. The molecule has 0 saturated carbocycles.